The molecule has 0 saturated carbocycles. The monoisotopic (exact) mass is 529 g/mol. The van der Waals surface area contributed by atoms with Crippen LogP contribution in [-0.4, -0.2) is 48.7 Å². The number of ketones is 1. The lowest BCUT2D eigenvalue weighted by Gasteiger charge is -2.27. The summed E-state index contributed by atoms with van der Waals surface area (Å²) in [6, 6.07) is 19.3. The van der Waals surface area contributed by atoms with Crippen LogP contribution in [-0.2, 0) is 16.2 Å². The molecule has 202 valence electrons. The summed E-state index contributed by atoms with van der Waals surface area (Å²) in [5.74, 6) is -1.64. The Hall–Kier alpha value is -4.50. The molecular formula is C30H31N3O6. The van der Waals surface area contributed by atoms with Gasteiger partial charge in [-0.3, -0.25) is 19.7 Å². The molecule has 0 radical (unpaired) electrons. The Morgan fingerprint density at radius 2 is 1.77 bits per heavy atom. The molecule has 39 heavy (non-hydrogen) atoms. The highest BCUT2D eigenvalue weighted by atomic mass is 16.6. The van der Waals surface area contributed by atoms with Gasteiger partial charge in [-0.1, -0.05) is 54.3 Å². The van der Waals surface area contributed by atoms with E-state index < -0.39 is 28.4 Å². The third kappa shape index (κ3) is 6.15. The second-order valence-corrected chi connectivity index (χ2v) is 9.89. The fraction of sp³-hybridized carbons (Fsp3) is 0.267. The van der Waals surface area contributed by atoms with Gasteiger partial charge >= 0.3 is 0 Å². The average molecular weight is 530 g/mol. The van der Waals surface area contributed by atoms with E-state index in [4.69, 9.17) is 4.74 Å². The smallest absolute Gasteiger partial charge is 0.295 e. The molecule has 4 rings (SSSR count). The van der Waals surface area contributed by atoms with Gasteiger partial charge in [0.15, 0.2) is 0 Å². The Morgan fingerprint density at radius 3 is 2.44 bits per heavy atom. The van der Waals surface area contributed by atoms with Crippen molar-refractivity contribution in [2.75, 3.05) is 27.2 Å². The first-order valence-electron chi connectivity index (χ1n) is 12.7. The molecule has 1 saturated heterocycles. The number of non-ortho nitro benzene ring substituents is 1. The number of nitrogens with one attached hydrogen (secondary N) is 1. The fourth-order valence-electron chi connectivity index (χ4n) is 4.70. The van der Waals surface area contributed by atoms with Crippen LogP contribution in [0.2, 0.25) is 0 Å². The number of ether oxygens (including phenoxy) is 1. The van der Waals surface area contributed by atoms with E-state index in [1.807, 2.05) is 44.4 Å². The third-order valence-corrected chi connectivity index (χ3v) is 6.68. The Bertz CT molecular complexity index is 1420. The molecule has 0 spiro atoms. The summed E-state index contributed by atoms with van der Waals surface area (Å²) >= 11 is 0. The van der Waals surface area contributed by atoms with Crippen molar-refractivity contribution in [1.29, 1.82) is 0 Å². The molecule has 1 atom stereocenters. The number of benzene rings is 3. The Kier molecular flexibility index (Phi) is 8.41. The normalized spacial score (nSPS) is 16.6. The summed E-state index contributed by atoms with van der Waals surface area (Å²) in [6.45, 7) is 3.15. The first kappa shape index (κ1) is 27.5. The van der Waals surface area contributed by atoms with E-state index in [9.17, 15) is 24.8 Å². The lowest BCUT2D eigenvalue weighted by Crippen LogP contribution is -3.05. The first-order chi connectivity index (χ1) is 18.7. The molecule has 1 aliphatic heterocycles. The predicted octanol–water partition coefficient (Wildman–Crippen LogP) is 2.24. The molecular weight excluding hydrogens is 498 g/mol. The standard InChI is InChI=1S/C30H31N3O6/c1-20-17-23(13-14-25(20)39-19-21-9-5-4-6-10-21)28(34)26-27(22-11-7-12-24(18-22)33(37)38)32(30(36)29(26)35)16-8-15-31(2)3/h4-7,9-14,17-18,27,34H,8,15-16,19H2,1-3H3/b28-26+. The quantitative estimate of drug-likeness (QED) is 0.142. The van der Waals surface area contributed by atoms with Gasteiger partial charge in [-0.25, -0.2) is 0 Å². The minimum absolute atomic E-state index is 0.181. The van der Waals surface area contributed by atoms with E-state index in [1.54, 1.807) is 31.2 Å². The molecule has 0 aromatic heterocycles. The van der Waals surface area contributed by atoms with Crippen molar-refractivity contribution in [1.82, 2.24) is 4.90 Å². The number of carbonyl (C=O) groups is 2. The summed E-state index contributed by atoms with van der Waals surface area (Å²) in [4.78, 5) is 39.8. The van der Waals surface area contributed by atoms with Gasteiger partial charge in [0.2, 0.25) is 5.78 Å². The van der Waals surface area contributed by atoms with Crippen molar-refractivity contribution < 1.29 is 29.3 Å². The summed E-state index contributed by atoms with van der Waals surface area (Å²) in [5, 5.41) is 25.2. The van der Waals surface area contributed by atoms with Crippen molar-refractivity contribution >= 4 is 23.1 Å². The molecule has 0 aliphatic carbocycles. The second kappa shape index (κ2) is 11.9. The van der Waals surface area contributed by atoms with Crippen molar-refractivity contribution in [2.24, 2.45) is 0 Å². The maximum atomic E-state index is 13.8. The van der Waals surface area contributed by atoms with Crippen molar-refractivity contribution in [3.8, 4) is 5.75 Å². The van der Waals surface area contributed by atoms with E-state index >= 15 is 0 Å². The zero-order chi connectivity index (χ0) is 28.1. The van der Waals surface area contributed by atoms with Crippen LogP contribution >= 0.6 is 0 Å². The van der Waals surface area contributed by atoms with E-state index in [0.29, 0.717) is 29.9 Å². The molecule has 1 N–H and O–H groups in total. The van der Waals surface area contributed by atoms with E-state index in [1.165, 1.54) is 28.0 Å². The van der Waals surface area contributed by atoms with Crippen LogP contribution in [0, 0.1) is 17.0 Å². The zero-order valence-electron chi connectivity index (χ0n) is 22.2. The average Bonchev–Trinajstić information content (AvgIpc) is 3.17. The third-order valence-electron chi connectivity index (χ3n) is 6.68. The number of carbonyl (C=O) groups excluding carboxylic acids is 2. The van der Waals surface area contributed by atoms with Crippen LogP contribution in [0.3, 0.4) is 0 Å². The molecule has 3 aromatic carbocycles. The number of amides is 1. The molecule has 1 unspecified atom stereocenters. The highest BCUT2D eigenvalue weighted by molar-refractivity contribution is 6.46. The molecule has 1 aliphatic rings. The molecule has 1 heterocycles. The van der Waals surface area contributed by atoms with Crippen LogP contribution in [0.25, 0.3) is 5.76 Å². The van der Waals surface area contributed by atoms with Gasteiger partial charge in [0.05, 0.1) is 31.6 Å². The van der Waals surface area contributed by atoms with Gasteiger partial charge in [-0.15, -0.1) is 0 Å². The molecule has 1 fully saturated rings. The number of likely N-dealkylation sites (tertiary alicyclic amines) is 1. The van der Waals surface area contributed by atoms with Gasteiger partial charge < -0.3 is 19.6 Å². The van der Waals surface area contributed by atoms with E-state index in [-0.39, 0.29) is 23.4 Å². The van der Waals surface area contributed by atoms with Crippen LogP contribution in [0.4, 0.5) is 5.69 Å². The number of hydrogen-bond acceptors (Lipinski definition) is 6. The van der Waals surface area contributed by atoms with Gasteiger partial charge in [-0.05, 0) is 41.3 Å². The maximum absolute atomic E-state index is 13.8. The number of nitro benzene ring substituents is 1. The lowest BCUT2D eigenvalue weighted by atomic mass is 9.94. The van der Waals surface area contributed by atoms with Gasteiger partial charge in [0.1, 0.15) is 12.4 Å². The van der Waals surface area contributed by atoms with Crippen LogP contribution < -0.4 is 14.7 Å². The molecule has 3 aromatic rings. The molecule has 1 amide bonds. The summed E-state index contributed by atoms with van der Waals surface area (Å²) in [5.41, 5.74) is 1.91. The van der Waals surface area contributed by atoms with Crippen molar-refractivity contribution in [2.45, 2.75) is 26.0 Å². The molecule has 9 heteroatoms. The SMILES string of the molecule is Cc1cc(/C([O-])=C2\C(=O)C(=O)N(CCC[NH+](C)C)C2c2cccc([N+](=O)[O-])c2)ccc1OCc1ccccc1. The number of rotatable bonds is 10. The number of quaternary nitrogens is 1. The van der Waals surface area contributed by atoms with Crippen LogP contribution in [0.1, 0.15) is 34.7 Å². The lowest BCUT2D eigenvalue weighted by molar-refractivity contribution is -0.858. The number of aryl methyl sites for hydroxylation is 1. The number of nitro groups is 1. The number of hydrogen-bond donors (Lipinski definition) is 1. The van der Waals surface area contributed by atoms with Gasteiger partial charge in [0.25, 0.3) is 11.6 Å². The first-order valence-corrected chi connectivity index (χ1v) is 12.7. The van der Waals surface area contributed by atoms with E-state index in [2.05, 4.69) is 0 Å². The Morgan fingerprint density at radius 1 is 1.03 bits per heavy atom. The topological polar surface area (TPSA) is 117 Å². The highest BCUT2D eigenvalue weighted by Gasteiger charge is 2.44. The highest BCUT2D eigenvalue weighted by Crippen LogP contribution is 2.40. The zero-order valence-corrected chi connectivity index (χ0v) is 22.2. The summed E-state index contributed by atoms with van der Waals surface area (Å²) in [7, 11) is 3.96. The largest absolute Gasteiger partial charge is 0.872 e. The van der Waals surface area contributed by atoms with Crippen LogP contribution in [0.15, 0.2) is 78.4 Å². The minimum Gasteiger partial charge on any atom is -0.872 e. The minimum atomic E-state index is -1.01. The van der Waals surface area contributed by atoms with Crippen LogP contribution in [0.5, 0.6) is 5.75 Å². The summed E-state index contributed by atoms with van der Waals surface area (Å²) in [6.07, 6.45) is 0.598. The van der Waals surface area contributed by atoms with Gasteiger partial charge in [0, 0.05) is 30.7 Å². The summed E-state index contributed by atoms with van der Waals surface area (Å²) < 4.78 is 5.91. The van der Waals surface area contributed by atoms with Crippen molar-refractivity contribution in [3.05, 3.63) is 111 Å². The van der Waals surface area contributed by atoms with Gasteiger partial charge in [-0.2, -0.15) is 0 Å². The maximum Gasteiger partial charge on any atom is 0.295 e. The number of nitrogens with zero attached hydrogens (tertiary/aromatic N) is 2. The second-order valence-electron chi connectivity index (χ2n) is 9.89. The molecule has 9 nitrogen and oxygen atoms in total. The Balaban J connectivity index is 1.71. The van der Waals surface area contributed by atoms with Crippen molar-refractivity contribution in [3.63, 3.8) is 0 Å². The van der Waals surface area contributed by atoms with E-state index in [0.717, 1.165) is 12.1 Å². The predicted molar refractivity (Wildman–Crippen MR) is 144 cm³/mol. The Labute approximate surface area is 227 Å². The fourth-order valence-corrected chi connectivity index (χ4v) is 4.70. The molecule has 0 bridgehead atoms. The number of Topliss-reactive ketones (excluding diaryl/α,β-unsaturated/α-hetero) is 1.